The fourth-order valence-corrected chi connectivity index (χ4v) is 2.53. The molecule has 8 heteroatoms. The Kier molecular flexibility index (Phi) is 6.11. The molecule has 0 aromatic heterocycles. The minimum absolute atomic E-state index is 0.195. The van der Waals surface area contributed by atoms with Crippen molar-refractivity contribution in [2.75, 3.05) is 30.8 Å². The Balaban J connectivity index is 3.10. The van der Waals surface area contributed by atoms with Crippen LogP contribution in [0.1, 0.15) is 10.4 Å². The highest BCUT2D eigenvalue weighted by atomic mass is 32.2. The number of carbonyl (C=O) groups excluding carboxylic acids is 2. The van der Waals surface area contributed by atoms with Gasteiger partial charge in [0.15, 0.2) is 0 Å². The van der Waals surface area contributed by atoms with Crippen molar-refractivity contribution in [1.29, 1.82) is 0 Å². The summed E-state index contributed by atoms with van der Waals surface area (Å²) >= 11 is 0. The number of amides is 1. The van der Waals surface area contributed by atoms with E-state index in [4.69, 9.17) is 0 Å². The van der Waals surface area contributed by atoms with E-state index < -0.39 is 28.4 Å². The number of nitrogens with one attached hydrogen (secondary N) is 1. The number of carbonyl (C=O) groups is 2. The summed E-state index contributed by atoms with van der Waals surface area (Å²) in [6, 6.07) is 5.86. The number of rotatable bonds is 7. The van der Waals surface area contributed by atoms with Crippen LogP contribution in [0.3, 0.4) is 0 Å². The highest BCUT2D eigenvalue weighted by Gasteiger charge is 2.21. The van der Waals surface area contributed by atoms with Crippen molar-refractivity contribution in [2.45, 2.75) is 0 Å². The van der Waals surface area contributed by atoms with Crippen LogP contribution in [0.15, 0.2) is 36.9 Å². The van der Waals surface area contributed by atoms with Crippen LogP contribution >= 0.6 is 0 Å². The lowest BCUT2D eigenvalue weighted by molar-refractivity contribution is -0.119. The zero-order valence-corrected chi connectivity index (χ0v) is 13.2. The molecule has 0 bridgehead atoms. The van der Waals surface area contributed by atoms with Crippen LogP contribution in [-0.4, -0.2) is 46.7 Å². The summed E-state index contributed by atoms with van der Waals surface area (Å²) in [4.78, 5) is 23.3. The molecule has 0 aliphatic heterocycles. The van der Waals surface area contributed by atoms with Crippen LogP contribution in [0.4, 0.5) is 5.69 Å². The Labute approximate surface area is 129 Å². The molecule has 1 aromatic carbocycles. The van der Waals surface area contributed by atoms with E-state index in [1.54, 1.807) is 0 Å². The molecule has 0 aliphatic carbocycles. The second-order valence-corrected chi connectivity index (χ2v) is 6.31. The monoisotopic (exact) mass is 326 g/mol. The van der Waals surface area contributed by atoms with Crippen molar-refractivity contribution >= 4 is 27.6 Å². The van der Waals surface area contributed by atoms with E-state index in [1.165, 1.54) is 37.5 Å². The van der Waals surface area contributed by atoms with Gasteiger partial charge in [-0.1, -0.05) is 12.1 Å². The fourth-order valence-electron chi connectivity index (χ4n) is 1.68. The van der Waals surface area contributed by atoms with Crippen LogP contribution in [0.25, 0.3) is 0 Å². The first-order valence-electron chi connectivity index (χ1n) is 6.33. The maximum Gasteiger partial charge on any atom is 0.337 e. The molecule has 120 valence electrons. The number of ether oxygens (including phenoxy) is 1. The largest absolute Gasteiger partial charge is 0.465 e. The third kappa shape index (κ3) is 4.88. The lowest BCUT2D eigenvalue weighted by Gasteiger charge is -2.22. The van der Waals surface area contributed by atoms with Gasteiger partial charge in [-0.2, -0.15) is 0 Å². The number of anilines is 1. The lowest BCUT2D eigenvalue weighted by Crippen LogP contribution is -2.40. The Hall–Kier alpha value is -2.35. The molecule has 7 nitrogen and oxygen atoms in total. The number of benzene rings is 1. The number of hydrogen-bond acceptors (Lipinski definition) is 5. The molecule has 0 heterocycles. The van der Waals surface area contributed by atoms with Gasteiger partial charge in [-0.05, 0) is 18.2 Å². The SMILES string of the molecule is C=CCNC(=O)CN(c1cccc(C(=O)OC)c1)S(C)(=O)=O. The first kappa shape index (κ1) is 17.7. The van der Waals surface area contributed by atoms with Gasteiger partial charge in [0.05, 0.1) is 24.6 Å². The van der Waals surface area contributed by atoms with Gasteiger partial charge < -0.3 is 10.1 Å². The van der Waals surface area contributed by atoms with Gasteiger partial charge in [-0.15, -0.1) is 6.58 Å². The van der Waals surface area contributed by atoms with Gasteiger partial charge in [0.2, 0.25) is 15.9 Å². The predicted octanol–water partition coefficient (Wildman–Crippen LogP) is 0.541. The van der Waals surface area contributed by atoms with E-state index in [9.17, 15) is 18.0 Å². The Morgan fingerprint density at radius 3 is 2.64 bits per heavy atom. The average molecular weight is 326 g/mol. The standard InChI is InChI=1S/C14H18N2O5S/c1-4-8-15-13(17)10-16(22(3,19)20)12-7-5-6-11(9-12)14(18)21-2/h4-7,9H,1,8,10H2,2-3H3,(H,15,17). The van der Waals surface area contributed by atoms with Crippen molar-refractivity contribution in [3.05, 3.63) is 42.5 Å². The van der Waals surface area contributed by atoms with Crippen LogP contribution in [0, 0.1) is 0 Å². The van der Waals surface area contributed by atoms with E-state index in [0.29, 0.717) is 0 Å². The number of hydrogen-bond donors (Lipinski definition) is 1. The molecule has 1 rings (SSSR count). The van der Waals surface area contributed by atoms with Gasteiger partial charge in [0.25, 0.3) is 0 Å². The minimum atomic E-state index is -3.69. The van der Waals surface area contributed by atoms with E-state index >= 15 is 0 Å². The third-order valence-electron chi connectivity index (χ3n) is 2.69. The Bertz CT molecular complexity index is 670. The van der Waals surface area contributed by atoms with Gasteiger partial charge >= 0.3 is 5.97 Å². The number of nitrogens with zero attached hydrogens (tertiary/aromatic N) is 1. The number of esters is 1. The molecular formula is C14H18N2O5S. The maximum atomic E-state index is 11.9. The molecule has 0 spiro atoms. The molecule has 1 amide bonds. The normalized spacial score (nSPS) is 10.6. The molecule has 0 unspecified atom stereocenters. The van der Waals surface area contributed by atoms with Crippen molar-refractivity contribution in [3.63, 3.8) is 0 Å². The molecule has 1 aromatic rings. The summed E-state index contributed by atoms with van der Waals surface area (Å²) in [6.07, 6.45) is 2.47. The summed E-state index contributed by atoms with van der Waals surface area (Å²) in [5, 5.41) is 2.50. The second-order valence-electron chi connectivity index (χ2n) is 4.40. The number of sulfonamides is 1. The molecule has 0 saturated carbocycles. The van der Waals surface area contributed by atoms with Crippen molar-refractivity contribution in [3.8, 4) is 0 Å². The maximum absolute atomic E-state index is 11.9. The molecule has 0 aliphatic rings. The molecule has 0 atom stereocenters. The Morgan fingerprint density at radius 2 is 2.09 bits per heavy atom. The first-order valence-corrected chi connectivity index (χ1v) is 8.18. The van der Waals surface area contributed by atoms with E-state index in [-0.39, 0.29) is 17.8 Å². The van der Waals surface area contributed by atoms with E-state index in [0.717, 1.165) is 10.6 Å². The van der Waals surface area contributed by atoms with Crippen LogP contribution in [-0.2, 0) is 19.6 Å². The van der Waals surface area contributed by atoms with Crippen molar-refractivity contribution in [1.82, 2.24) is 5.32 Å². The highest BCUT2D eigenvalue weighted by Crippen LogP contribution is 2.19. The molecule has 0 saturated heterocycles. The minimum Gasteiger partial charge on any atom is -0.465 e. The van der Waals surface area contributed by atoms with Crippen LogP contribution in [0.5, 0.6) is 0 Å². The first-order chi connectivity index (χ1) is 10.3. The topological polar surface area (TPSA) is 92.8 Å². The van der Waals surface area contributed by atoms with Crippen LogP contribution in [0.2, 0.25) is 0 Å². The smallest absolute Gasteiger partial charge is 0.337 e. The molecule has 0 radical (unpaired) electrons. The zero-order chi connectivity index (χ0) is 16.8. The summed E-state index contributed by atoms with van der Waals surface area (Å²) in [7, 11) is -2.46. The van der Waals surface area contributed by atoms with Crippen LogP contribution < -0.4 is 9.62 Å². The van der Waals surface area contributed by atoms with Gasteiger partial charge in [-0.3, -0.25) is 9.10 Å². The summed E-state index contributed by atoms with van der Waals surface area (Å²) in [5.41, 5.74) is 0.402. The summed E-state index contributed by atoms with van der Waals surface area (Å²) < 4.78 is 29.3. The average Bonchev–Trinajstić information content (AvgIpc) is 2.48. The molecular weight excluding hydrogens is 308 g/mol. The van der Waals surface area contributed by atoms with E-state index in [2.05, 4.69) is 16.6 Å². The predicted molar refractivity (Wildman–Crippen MR) is 83.2 cm³/mol. The highest BCUT2D eigenvalue weighted by molar-refractivity contribution is 7.92. The summed E-state index contributed by atoms with van der Waals surface area (Å²) in [6.45, 7) is 3.30. The summed E-state index contributed by atoms with van der Waals surface area (Å²) in [5.74, 6) is -1.07. The van der Waals surface area contributed by atoms with Crippen molar-refractivity contribution in [2.24, 2.45) is 0 Å². The third-order valence-corrected chi connectivity index (χ3v) is 3.83. The quantitative estimate of drug-likeness (QED) is 0.583. The lowest BCUT2D eigenvalue weighted by atomic mass is 10.2. The molecule has 1 N–H and O–H groups in total. The molecule has 22 heavy (non-hydrogen) atoms. The van der Waals surface area contributed by atoms with E-state index in [1.807, 2.05) is 0 Å². The Morgan fingerprint density at radius 1 is 1.41 bits per heavy atom. The molecule has 0 fully saturated rings. The zero-order valence-electron chi connectivity index (χ0n) is 12.4. The number of methoxy groups -OCH3 is 1. The fraction of sp³-hybridized carbons (Fsp3) is 0.286. The van der Waals surface area contributed by atoms with Gasteiger partial charge in [-0.25, -0.2) is 13.2 Å². The van der Waals surface area contributed by atoms with Gasteiger partial charge in [0.1, 0.15) is 6.54 Å². The van der Waals surface area contributed by atoms with Gasteiger partial charge in [0, 0.05) is 6.54 Å². The second kappa shape index (κ2) is 7.60. The van der Waals surface area contributed by atoms with Crippen molar-refractivity contribution < 1.29 is 22.7 Å².